The lowest BCUT2D eigenvalue weighted by Gasteiger charge is -2.29. The number of aryl methyl sites for hydroxylation is 1. The number of benzene rings is 1. The van der Waals surface area contributed by atoms with Gasteiger partial charge in [0.15, 0.2) is 0 Å². The number of rotatable bonds is 7. The Hall–Kier alpha value is -1.44. The van der Waals surface area contributed by atoms with Crippen LogP contribution in [0.15, 0.2) is 23.1 Å². The van der Waals surface area contributed by atoms with Crippen molar-refractivity contribution in [2.45, 2.75) is 38.0 Å². The SMILES string of the molecule is CCCNCCNS(=O)(=O)c1ccc2c(c1)N(C(C)=O)CCC2. The minimum atomic E-state index is -3.56. The molecule has 1 aliphatic heterocycles. The second-order valence-electron chi connectivity index (χ2n) is 5.71. The zero-order valence-electron chi connectivity index (χ0n) is 13.8. The molecular formula is C16H25N3O3S. The summed E-state index contributed by atoms with van der Waals surface area (Å²) in [4.78, 5) is 13.6. The van der Waals surface area contributed by atoms with Crippen molar-refractivity contribution in [1.82, 2.24) is 10.0 Å². The Labute approximate surface area is 138 Å². The number of carbonyl (C=O) groups is 1. The van der Waals surface area contributed by atoms with Crippen LogP contribution in [-0.2, 0) is 21.2 Å². The molecule has 2 rings (SSSR count). The van der Waals surface area contributed by atoms with E-state index in [2.05, 4.69) is 17.0 Å². The third kappa shape index (κ3) is 4.53. The zero-order chi connectivity index (χ0) is 16.9. The average molecular weight is 339 g/mol. The molecule has 23 heavy (non-hydrogen) atoms. The van der Waals surface area contributed by atoms with Crippen LogP contribution >= 0.6 is 0 Å². The monoisotopic (exact) mass is 339 g/mol. The Kier molecular flexibility index (Phi) is 6.15. The van der Waals surface area contributed by atoms with Gasteiger partial charge in [0.25, 0.3) is 0 Å². The molecule has 0 unspecified atom stereocenters. The van der Waals surface area contributed by atoms with Gasteiger partial charge in [-0.05, 0) is 43.5 Å². The summed E-state index contributed by atoms with van der Waals surface area (Å²) in [7, 11) is -3.56. The molecule has 6 nitrogen and oxygen atoms in total. The second kappa shape index (κ2) is 7.90. The Bertz CT molecular complexity index is 659. The van der Waals surface area contributed by atoms with Crippen LogP contribution < -0.4 is 14.9 Å². The van der Waals surface area contributed by atoms with Crippen molar-refractivity contribution in [2.75, 3.05) is 31.1 Å². The molecule has 0 fully saturated rings. The molecule has 1 amide bonds. The van der Waals surface area contributed by atoms with Crippen LogP contribution in [0.5, 0.6) is 0 Å². The summed E-state index contributed by atoms with van der Waals surface area (Å²) in [6.45, 7) is 6.01. The average Bonchev–Trinajstić information content (AvgIpc) is 2.53. The van der Waals surface area contributed by atoms with Gasteiger partial charge >= 0.3 is 0 Å². The fourth-order valence-electron chi connectivity index (χ4n) is 2.71. The molecule has 2 N–H and O–H groups in total. The lowest BCUT2D eigenvalue weighted by molar-refractivity contribution is -0.116. The zero-order valence-corrected chi connectivity index (χ0v) is 14.6. The van der Waals surface area contributed by atoms with Gasteiger partial charge < -0.3 is 10.2 Å². The molecule has 1 aromatic rings. The Morgan fingerprint density at radius 2 is 2.04 bits per heavy atom. The molecule has 0 saturated heterocycles. The summed E-state index contributed by atoms with van der Waals surface area (Å²) >= 11 is 0. The maximum Gasteiger partial charge on any atom is 0.240 e. The summed E-state index contributed by atoms with van der Waals surface area (Å²) < 4.78 is 27.4. The minimum Gasteiger partial charge on any atom is -0.315 e. The number of amides is 1. The van der Waals surface area contributed by atoms with Gasteiger partial charge in [0.2, 0.25) is 15.9 Å². The number of anilines is 1. The smallest absolute Gasteiger partial charge is 0.240 e. The van der Waals surface area contributed by atoms with E-state index < -0.39 is 10.0 Å². The largest absolute Gasteiger partial charge is 0.315 e. The molecule has 0 saturated carbocycles. The molecular weight excluding hydrogens is 314 g/mol. The maximum absolute atomic E-state index is 12.4. The number of carbonyl (C=O) groups excluding carboxylic acids is 1. The van der Waals surface area contributed by atoms with E-state index in [-0.39, 0.29) is 10.8 Å². The molecule has 1 heterocycles. The first-order chi connectivity index (χ1) is 11.0. The van der Waals surface area contributed by atoms with E-state index in [1.807, 2.05) is 6.07 Å². The van der Waals surface area contributed by atoms with Crippen molar-refractivity contribution >= 4 is 21.6 Å². The lowest BCUT2D eigenvalue weighted by Crippen LogP contribution is -2.34. The van der Waals surface area contributed by atoms with Crippen molar-refractivity contribution < 1.29 is 13.2 Å². The van der Waals surface area contributed by atoms with E-state index in [1.54, 1.807) is 17.0 Å². The van der Waals surface area contributed by atoms with E-state index >= 15 is 0 Å². The van der Waals surface area contributed by atoms with Crippen LogP contribution in [-0.4, -0.2) is 40.5 Å². The number of fused-ring (bicyclic) bond motifs is 1. The molecule has 1 aromatic carbocycles. The number of sulfonamides is 1. The lowest BCUT2D eigenvalue weighted by atomic mass is 10.0. The van der Waals surface area contributed by atoms with E-state index in [1.165, 1.54) is 6.92 Å². The molecule has 0 aromatic heterocycles. The summed E-state index contributed by atoms with van der Waals surface area (Å²) in [6, 6.07) is 5.04. The normalized spacial score (nSPS) is 14.6. The predicted molar refractivity (Wildman–Crippen MR) is 91.1 cm³/mol. The first kappa shape index (κ1) is 17.9. The number of nitrogens with one attached hydrogen (secondary N) is 2. The highest BCUT2D eigenvalue weighted by Crippen LogP contribution is 2.29. The van der Waals surface area contributed by atoms with E-state index in [4.69, 9.17) is 0 Å². The highest BCUT2D eigenvalue weighted by molar-refractivity contribution is 7.89. The minimum absolute atomic E-state index is 0.0581. The van der Waals surface area contributed by atoms with Crippen LogP contribution in [0.3, 0.4) is 0 Å². The number of hydrogen-bond acceptors (Lipinski definition) is 4. The molecule has 0 radical (unpaired) electrons. The summed E-state index contributed by atoms with van der Waals surface area (Å²) in [5.41, 5.74) is 1.74. The highest BCUT2D eigenvalue weighted by atomic mass is 32.2. The van der Waals surface area contributed by atoms with Crippen molar-refractivity contribution in [3.63, 3.8) is 0 Å². The van der Waals surface area contributed by atoms with Crippen molar-refractivity contribution in [2.24, 2.45) is 0 Å². The van der Waals surface area contributed by atoms with Crippen LogP contribution in [0.2, 0.25) is 0 Å². The summed E-state index contributed by atoms with van der Waals surface area (Å²) in [5, 5.41) is 3.15. The van der Waals surface area contributed by atoms with Crippen LogP contribution in [0.1, 0.15) is 32.3 Å². The Balaban J connectivity index is 2.13. The highest BCUT2D eigenvalue weighted by Gasteiger charge is 2.23. The third-order valence-corrected chi connectivity index (χ3v) is 5.35. The first-order valence-electron chi connectivity index (χ1n) is 8.07. The van der Waals surface area contributed by atoms with Crippen LogP contribution in [0.25, 0.3) is 0 Å². The molecule has 128 valence electrons. The predicted octanol–water partition coefficient (Wildman–Crippen LogP) is 1.26. The summed E-state index contributed by atoms with van der Waals surface area (Å²) in [5.74, 6) is -0.0581. The Morgan fingerprint density at radius 3 is 2.74 bits per heavy atom. The third-order valence-electron chi connectivity index (χ3n) is 3.89. The topological polar surface area (TPSA) is 78.5 Å². The fraction of sp³-hybridized carbons (Fsp3) is 0.562. The molecule has 0 atom stereocenters. The quantitative estimate of drug-likeness (QED) is 0.733. The maximum atomic E-state index is 12.4. The Morgan fingerprint density at radius 1 is 1.26 bits per heavy atom. The van der Waals surface area contributed by atoms with E-state index in [9.17, 15) is 13.2 Å². The molecule has 1 aliphatic rings. The van der Waals surface area contributed by atoms with Crippen molar-refractivity contribution in [3.05, 3.63) is 23.8 Å². The first-order valence-corrected chi connectivity index (χ1v) is 9.55. The van der Waals surface area contributed by atoms with E-state index in [0.29, 0.717) is 19.6 Å². The van der Waals surface area contributed by atoms with Gasteiger partial charge in [0.05, 0.1) is 4.90 Å². The van der Waals surface area contributed by atoms with Gasteiger partial charge in [0.1, 0.15) is 0 Å². The second-order valence-corrected chi connectivity index (χ2v) is 7.48. The van der Waals surface area contributed by atoms with Crippen molar-refractivity contribution in [3.8, 4) is 0 Å². The van der Waals surface area contributed by atoms with Gasteiger partial charge in [0, 0.05) is 32.2 Å². The fourth-order valence-corrected chi connectivity index (χ4v) is 3.76. The number of nitrogens with zero attached hydrogens (tertiary/aromatic N) is 1. The molecule has 0 aliphatic carbocycles. The van der Waals surface area contributed by atoms with Gasteiger partial charge in [-0.3, -0.25) is 4.79 Å². The van der Waals surface area contributed by atoms with Gasteiger partial charge in [-0.1, -0.05) is 13.0 Å². The molecule has 0 spiro atoms. The van der Waals surface area contributed by atoms with Gasteiger partial charge in [-0.2, -0.15) is 0 Å². The number of hydrogen-bond donors (Lipinski definition) is 2. The van der Waals surface area contributed by atoms with Gasteiger partial charge in [-0.15, -0.1) is 0 Å². The van der Waals surface area contributed by atoms with E-state index in [0.717, 1.165) is 37.1 Å². The molecule has 0 bridgehead atoms. The van der Waals surface area contributed by atoms with Crippen molar-refractivity contribution in [1.29, 1.82) is 0 Å². The van der Waals surface area contributed by atoms with Crippen LogP contribution in [0.4, 0.5) is 5.69 Å². The summed E-state index contributed by atoms with van der Waals surface area (Å²) in [6.07, 6.45) is 2.78. The van der Waals surface area contributed by atoms with Gasteiger partial charge in [-0.25, -0.2) is 13.1 Å². The standard InChI is InChI=1S/C16H25N3O3S/c1-3-8-17-9-10-18-23(21,22)15-7-6-14-5-4-11-19(13(2)20)16(14)12-15/h6-7,12,17-18H,3-5,8-11H2,1-2H3. The molecule has 7 heteroatoms. The van der Waals surface area contributed by atoms with Crippen LogP contribution in [0, 0.1) is 0 Å².